The van der Waals surface area contributed by atoms with Gasteiger partial charge in [-0.3, -0.25) is 4.79 Å². The largest absolute Gasteiger partial charge is 0.538 e. The smallest absolute Gasteiger partial charge is 0.298 e. The molecule has 6 nitrogen and oxygen atoms in total. The molecule has 3 aromatic rings. The number of rotatable bonds is 6. The van der Waals surface area contributed by atoms with Gasteiger partial charge in [-0.15, -0.1) is 0 Å². The molecule has 0 aliphatic rings. The highest BCUT2D eigenvalue weighted by Crippen LogP contribution is 2.29. The Labute approximate surface area is 168 Å². The summed E-state index contributed by atoms with van der Waals surface area (Å²) in [5, 5.41) is 18.7. The van der Waals surface area contributed by atoms with Crippen LogP contribution >= 0.6 is 11.8 Å². The number of aryl methyl sites for hydroxylation is 3. The van der Waals surface area contributed by atoms with Crippen LogP contribution in [-0.4, -0.2) is 16.4 Å². The lowest BCUT2D eigenvalue weighted by atomic mass is 10.1. The van der Waals surface area contributed by atoms with Crippen molar-refractivity contribution in [3.63, 3.8) is 0 Å². The lowest BCUT2D eigenvalue weighted by Crippen LogP contribution is -2.36. The van der Waals surface area contributed by atoms with Crippen molar-refractivity contribution in [3.8, 4) is 11.6 Å². The lowest BCUT2D eigenvalue weighted by molar-refractivity contribution is -0.705. The summed E-state index contributed by atoms with van der Waals surface area (Å²) in [7, 11) is 0. The summed E-state index contributed by atoms with van der Waals surface area (Å²) in [6.07, 6.45) is 0.822. The Hall–Kier alpha value is -2.80. The van der Waals surface area contributed by atoms with Gasteiger partial charge in [0.25, 0.3) is 5.03 Å². The number of carbonyl (C=O) groups excluding carboxylic acids is 1. The zero-order valence-corrected chi connectivity index (χ0v) is 17.2. The second kappa shape index (κ2) is 8.48. The van der Waals surface area contributed by atoms with Gasteiger partial charge in [0, 0.05) is 17.8 Å². The molecule has 0 spiro atoms. The fourth-order valence-electron chi connectivity index (χ4n) is 2.84. The Morgan fingerprint density at radius 1 is 1.25 bits per heavy atom. The molecule has 2 aromatic carbocycles. The Kier molecular flexibility index (Phi) is 6.04. The van der Waals surface area contributed by atoms with Crippen molar-refractivity contribution in [2.75, 3.05) is 5.32 Å². The van der Waals surface area contributed by atoms with E-state index >= 15 is 0 Å². The molecular formula is C21H23N3O3S. The number of thioether (sulfide) groups is 1. The van der Waals surface area contributed by atoms with Gasteiger partial charge in [-0.05, 0) is 54.8 Å². The SMILES string of the molecule is CCc1cccc(C)c1NC(=O)C(C)Sc1c([O-])on[n+]1-c1ccc(C)cc1. The molecule has 0 aliphatic carbocycles. The summed E-state index contributed by atoms with van der Waals surface area (Å²) >= 11 is 1.13. The van der Waals surface area contributed by atoms with Gasteiger partial charge in [0.2, 0.25) is 11.6 Å². The molecule has 1 N–H and O–H groups in total. The van der Waals surface area contributed by atoms with Crippen molar-refractivity contribution in [1.82, 2.24) is 5.27 Å². The van der Waals surface area contributed by atoms with Gasteiger partial charge < -0.3 is 14.9 Å². The standard InChI is InChI=1S/C21H23N3O3S/c1-5-16-8-6-7-14(3)18(16)22-19(25)15(4)28-20-21(26)27-23-24(20)17-11-9-13(2)10-12-17/h6-12,15H,5H2,1-4H3,(H-,22,23,25,26). The maximum absolute atomic E-state index is 12.8. The summed E-state index contributed by atoms with van der Waals surface area (Å²) in [6.45, 7) is 7.76. The minimum atomic E-state index is -0.560. The zero-order valence-electron chi connectivity index (χ0n) is 16.4. The monoisotopic (exact) mass is 397 g/mol. The molecule has 1 unspecified atom stereocenters. The zero-order chi connectivity index (χ0) is 20.3. The van der Waals surface area contributed by atoms with Gasteiger partial charge >= 0.3 is 0 Å². The van der Waals surface area contributed by atoms with Crippen molar-refractivity contribution in [2.45, 2.75) is 44.4 Å². The van der Waals surface area contributed by atoms with E-state index in [0.29, 0.717) is 5.69 Å². The third-order valence-corrected chi connectivity index (χ3v) is 5.63. The van der Waals surface area contributed by atoms with Crippen molar-refractivity contribution in [3.05, 3.63) is 59.2 Å². The van der Waals surface area contributed by atoms with E-state index in [1.165, 1.54) is 4.68 Å². The predicted octanol–water partition coefficient (Wildman–Crippen LogP) is 3.32. The molecule has 0 fully saturated rings. The first-order valence-electron chi connectivity index (χ1n) is 9.12. The average molecular weight is 398 g/mol. The molecular weight excluding hydrogens is 374 g/mol. The van der Waals surface area contributed by atoms with Gasteiger partial charge in [0.05, 0.1) is 10.5 Å². The highest BCUT2D eigenvalue weighted by Gasteiger charge is 2.27. The van der Waals surface area contributed by atoms with Gasteiger partial charge in [0.1, 0.15) is 0 Å². The molecule has 0 saturated carbocycles. The molecule has 0 saturated heterocycles. The van der Waals surface area contributed by atoms with Crippen LogP contribution in [0.2, 0.25) is 0 Å². The van der Waals surface area contributed by atoms with E-state index in [1.54, 1.807) is 6.92 Å². The van der Waals surface area contributed by atoms with Crippen LogP contribution in [0.25, 0.3) is 5.69 Å². The number of amides is 1. The van der Waals surface area contributed by atoms with E-state index in [2.05, 4.69) is 10.6 Å². The van der Waals surface area contributed by atoms with E-state index in [0.717, 1.165) is 40.6 Å². The fourth-order valence-corrected chi connectivity index (χ4v) is 3.71. The maximum Gasteiger partial charge on any atom is 0.298 e. The normalized spacial score (nSPS) is 12.0. The number of nitrogens with zero attached hydrogens (tertiary/aromatic N) is 2. The van der Waals surface area contributed by atoms with Crippen LogP contribution in [0.3, 0.4) is 0 Å². The third kappa shape index (κ3) is 4.20. The van der Waals surface area contributed by atoms with E-state index < -0.39 is 11.2 Å². The van der Waals surface area contributed by atoms with E-state index in [1.807, 2.05) is 63.2 Å². The predicted molar refractivity (Wildman–Crippen MR) is 107 cm³/mol. The molecule has 1 amide bonds. The second-order valence-electron chi connectivity index (χ2n) is 6.62. The second-order valence-corrected chi connectivity index (χ2v) is 7.95. The number of aromatic nitrogens is 2. The number of nitrogens with one attached hydrogen (secondary N) is 1. The molecule has 146 valence electrons. The molecule has 1 heterocycles. The minimum Gasteiger partial charge on any atom is -0.538 e. The molecule has 3 rings (SSSR count). The summed E-state index contributed by atoms with van der Waals surface area (Å²) in [6, 6.07) is 13.5. The highest BCUT2D eigenvalue weighted by molar-refractivity contribution is 8.00. The summed E-state index contributed by atoms with van der Waals surface area (Å²) in [5.74, 6) is -0.736. The topological polar surface area (TPSA) is 82.1 Å². The van der Waals surface area contributed by atoms with Gasteiger partial charge in [-0.1, -0.05) is 42.8 Å². The fraction of sp³-hybridized carbons (Fsp3) is 0.286. The van der Waals surface area contributed by atoms with Crippen molar-refractivity contribution in [1.29, 1.82) is 0 Å². The van der Waals surface area contributed by atoms with E-state index in [-0.39, 0.29) is 10.9 Å². The average Bonchev–Trinajstić information content (AvgIpc) is 3.04. The number of para-hydroxylation sites is 1. The molecule has 0 radical (unpaired) electrons. The molecule has 7 heteroatoms. The van der Waals surface area contributed by atoms with E-state index in [9.17, 15) is 9.90 Å². The van der Waals surface area contributed by atoms with Crippen LogP contribution in [0.4, 0.5) is 5.69 Å². The number of benzene rings is 2. The van der Waals surface area contributed by atoms with Crippen LogP contribution < -0.4 is 15.1 Å². The van der Waals surface area contributed by atoms with Crippen LogP contribution in [-0.2, 0) is 11.2 Å². The van der Waals surface area contributed by atoms with Crippen LogP contribution in [0.5, 0.6) is 5.95 Å². The number of anilines is 1. The Bertz CT molecular complexity index is 983. The van der Waals surface area contributed by atoms with Crippen molar-refractivity contribution in [2.24, 2.45) is 0 Å². The highest BCUT2D eigenvalue weighted by atomic mass is 32.2. The van der Waals surface area contributed by atoms with E-state index in [4.69, 9.17) is 4.52 Å². The van der Waals surface area contributed by atoms with Crippen molar-refractivity contribution >= 4 is 23.4 Å². The summed E-state index contributed by atoms with van der Waals surface area (Å²) in [4.78, 5) is 12.8. The van der Waals surface area contributed by atoms with Gasteiger partial charge in [-0.2, -0.15) is 0 Å². The number of carbonyl (C=O) groups is 1. The maximum atomic E-state index is 12.8. The first-order valence-corrected chi connectivity index (χ1v) is 10.0. The minimum absolute atomic E-state index is 0.176. The Morgan fingerprint density at radius 3 is 2.64 bits per heavy atom. The molecule has 1 aromatic heterocycles. The first kappa shape index (κ1) is 19.9. The number of hydrogen-bond donors (Lipinski definition) is 1. The van der Waals surface area contributed by atoms with Crippen LogP contribution in [0, 0.1) is 13.8 Å². The Morgan fingerprint density at radius 2 is 1.96 bits per heavy atom. The Balaban J connectivity index is 1.80. The first-order chi connectivity index (χ1) is 13.4. The summed E-state index contributed by atoms with van der Waals surface area (Å²) < 4.78 is 6.27. The third-order valence-electron chi connectivity index (χ3n) is 4.50. The molecule has 1 atom stereocenters. The molecule has 0 aliphatic heterocycles. The summed E-state index contributed by atoms with van der Waals surface area (Å²) in [5.41, 5.74) is 4.73. The quantitative estimate of drug-likeness (QED) is 0.510. The number of hydrogen-bond acceptors (Lipinski definition) is 5. The van der Waals surface area contributed by atoms with Gasteiger partial charge in [-0.25, -0.2) is 0 Å². The van der Waals surface area contributed by atoms with Crippen molar-refractivity contribution < 1.29 is 19.1 Å². The molecule has 28 heavy (non-hydrogen) atoms. The lowest BCUT2D eigenvalue weighted by Gasteiger charge is -2.15. The van der Waals surface area contributed by atoms with Crippen LogP contribution in [0.15, 0.2) is 52.0 Å². The molecule has 0 bridgehead atoms. The van der Waals surface area contributed by atoms with Crippen LogP contribution in [0.1, 0.15) is 30.5 Å². The van der Waals surface area contributed by atoms with Gasteiger partial charge in [0.15, 0.2) is 5.95 Å².